The summed E-state index contributed by atoms with van der Waals surface area (Å²) >= 11 is 0. The molecule has 2 aliphatic rings. The number of ether oxygens (including phenoxy) is 2. The Balaban J connectivity index is 1.31. The first kappa shape index (κ1) is 22.5. The third kappa shape index (κ3) is 4.40. The quantitative estimate of drug-likeness (QED) is 0.567. The summed E-state index contributed by atoms with van der Waals surface area (Å²) in [5.41, 5.74) is 1.44. The van der Waals surface area contributed by atoms with Crippen molar-refractivity contribution >= 4 is 38.5 Å². The Hall–Kier alpha value is -3.32. The van der Waals surface area contributed by atoms with E-state index in [1.165, 1.54) is 18.5 Å². The average Bonchev–Trinajstić information content (AvgIpc) is 3.22. The third-order valence-corrected chi connectivity index (χ3v) is 7.03. The number of carbonyl (C=O) groups excluding carboxylic acids is 1. The number of piperidine rings is 1. The topological polar surface area (TPSA) is 137 Å². The number of benzene rings is 1. The van der Waals surface area contributed by atoms with Gasteiger partial charge in [-0.05, 0) is 31.0 Å². The maximum Gasteiger partial charge on any atom is 0.410 e. The molecule has 0 bridgehead atoms. The Morgan fingerprint density at radius 2 is 2.00 bits per heavy atom. The monoisotopic (exact) mass is 491 g/mol. The molecule has 0 radical (unpaired) electrons. The van der Waals surface area contributed by atoms with Crippen molar-refractivity contribution in [1.29, 1.82) is 0 Å². The molecule has 4 heterocycles. The molecule has 34 heavy (non-hydrogen) atoms. The van der Waals surface area contributed by atoms with E-state index in [1.54, 1.807) is 4.90 Å². The molecule has 13 heteroatoms. The Morgan fingerprint density at radius 1 is 1.24 bits per heavy atom. The highest BCUT2D eigenvalue weighted by Gasteiger charge is 2.31. The van der Waals surface area contributed by atoms with Gasteiger partial charge in [0.1, 0.15) is 23.4 Å². The van der Waals surface area contributed by atoms with Crippen molar-refractivity contribution in [3.05, 3.63) is 36.0 Å². The van der Waals surface area contributed by atoms with Gasteiger partial charge in [0.25, 0.3) is 0 Å². The van der Waals surface area contributed by atoms with Crippen LogP contribution in [0.2, 0.25) is 0 Å². The van der Waals surface area contributed by atoms with Crippen molar-refractivity contribution in [2.75, 3.05) is 37.9 Å². The number of hydrogen-bond donors (Lipinski definition) is 1. The molecule has 0 saturated carbocycles. The predicted molar refractivity (Wildman–Crippen MR) is 117 cm³/mol. The molecule has 2 saturated heterocycles. The lowest BCUT2D eigenvalue weighted by atomic mass is 9.93. The first-order valence-electron chi connectivity index (χ1n) is 10.7. The summed E-state index contributed by atoms with van der Waals surface area (Å²) in [7, 11) is -3.53. The fourth-order valence-corrected chi connectivity index (χ4v) is 4.56. The van der Waals surface area contributed by atoms with Gasteiger partial charge in [-0.1, -0.05) is 5.16 Å². The summed E-state index contributed by atoms with van der Waals surface area (Å²) in [6, 6.07) is 3.57. The number of amides is 1. The van der Waals surface area contributed by atoms with Gasteiger partial charge in [-0.25, -0.2) is 27.6 Å². The van der Waals surface area contributed by atoms with E-state index >= 15 is 0 Å². The number of halogens is 1. The first-order valence-corrected chi connectivity index (χ1v) is 12.6. The summed E-state index contributed by atoms with van der Waals surface area (Å²) in [5.74, 6) is -0.522. The predicted octanol–water partition coefficient (Wildman–Crippen LogP) is 2.62. The van der Waals surface area contributed by atoms with Crippen LogP contribution in [0.4, 0.5) is 20.7 Å². The molecule has 2 aromatic heterocycles. The van der Waals surface area contributed by atoms with E-state index in [1.807, 2.05) is 0 Å². The van der Waals surface area contributed by atoms with E-state index in [4.69, 9.17) is 14.0 Å². The fraction of sp³-hybridized carbons (Fsp3) is 0.429. The number of fused-ring (bicyclic) bond motifs is 1. The second-order valence-electron chi connectivity index (χ2n) is 8.31. The van der Waals surface area contributed by atoms with Crippen molar-refractivity contribution in [2.24, 2.45) is 0 Å². The highest BCUT2D eigenvalue weighted by Crippen LogP contribution is 2.34. The van der Waals surface area contributed by atoms with Gasteiger partial charge in [0.15, 0.2) is 21.8 Å². The lowest BCUT2D eigenvalue weighted by molar-refractivity contribution is -0.105. The number of aromatic nitrogens is 3. The lowest BCUT2D eigenvalue weighted by Gasteiger charge is -2.33. The fourth-order valence-electron chi connectivity index (χ4n) is 3.93. The van der Waals surface area contributed by atoms with Crippen molar-refractivity contribution < 1.29 is 31.6 Å². The Morgan fingerprint density at radius 3 is 2.65 bits per heavy atom. The molecule has 0 unspecified atom stereocenters. The molecule has 1 N–H and O–H groups in total. The molecular formula is C21H22FN5O6S. The molecule has 1 amide bonds. The Labute approximate surface area is 194 Å². The number of rotatable bonds is 5. The molecule has 3 aromatic rings. The van der Waals surface area contributed by atoms with Crippen LogP contribution in [-0.4, -0.2) is 73.2 Å². The van der Waals surface area contributed by atoms with E-state index in [2.05, 4.69) is 20.4 Å². The molecule has 11 nitrogen and oxygen atoms in total. The largest absolute Gasteiger partial charge is 0.441 e. The Bertz CT molecular complexity index is 1330. The number of hydrogen-bond acceptors (Lipinski definition) is 10. The smallest absolute Gasteiger partial charge is 0.410 e. The molecular weight excluding hydrogens is 469 g/mol. The van der Waals surface area contributed by atoms with Crippen LogP contribution in [0, 0.1) is 5.82 Å². The van der Waals surface area contributed by atoms with Crippen LogP contribution < -0.4 is 5.32 Å². The summed E-state index contributed by atoms with van der Waals surface area (Å²) in [6.45, 7) is 1.91. The normalized spacial score (nSPS) is 17.5. The minimum absolute atomic E-state index is 0.0193. The minimum atomic E-state index is -3.53. The zero-order valence-corrected chi connectivity index (χ0v) is 19.0. The van der Waals surface area contributed by atoms with Crippen LogP contribution in [0.3, 0.4) is 0 Å². The van der Waals surface area contributed by atoms with Crippen molar-refractivity contribution in [3.63, 3.8) is 0 Å². The number of nitrogens with zero attached hydrogens (tertiary/aromatic N) is 4. The van der Waals surface area contributed by atoms with Crippen LogP contribution in [0.25, 0.3) is 11.1 Å². The number of anilines is 2. The Kier molecular flexibility index (Phi) is 5.81. The summed E-state index contributed by atoms with van der Waals surface area (Å²) in [6.07, 6.45) is 3.14. The van der Waals surface area contributed by atoms with Gasteiger partial charge in [-0.2, -0.15) is 0 Å². The van der Waals surface area contributed by atoms with Gasteiger partial charge in [0, 0.05) is 25.3 Å². The average molecular weight is 492 g/mol. The molecule has 0 spiro atoms. The third-order valence-electron chi connectivity index (χ3n) is 5.92. The number of sulfone groups is 1. The molecule has 2 aliphatic heterocycles. The maximum absolute atomic E-state index is 14.5. The second kappa shape index (κ2) is 8.80. The van der Waals surface area contributed by atoms with E-state index in [0.29, 0.717) is 50.4 Å². The minimum Gasteiger partial charge on any atom is -0.441 e. The molecule has 2 fully saturated rings. The van der Waals surface area contributed by atoms with Crippen molar-refractivity contribution in [3.8, 4) is 0 Å². The van der Waals surface area contributed by atoms with Gasteiger partial charge in [-0.15, -0.1) is 0 Å². The maximum atomic E-state index is 14.5. The van der Waals surface area contributed by atoms with Crippen LogP contribution in [-0.2, 0) is 19.3 Å². The SMILES string of the molecule is CS(=O)(=O)c1ccc(Nc2ncnc3c(C4CCN(C(=O)OC5COC5)CC4)noc23)c(F)c1. The highest BCUT2D eigenvalue weighted by atomic mass is 32.2. The zero-order chi connectivity index (χ0) is 23.9. The van der Waals surface area contributed by atoms with Gasteiger partial charge in [-0.3, -0.25) is 0 Å². The van der Waals surface area contributed by atoms with E-state index in [9.17, 15) is 17.6 Å². The van der Waals surface area contributed by atoms with Gasteiger partial charge in [0.05, 0.1) is 23.8 Å². The number of likely N-dealkylation sites (tertiary alicyclic amines) is 1. The van der Waals surface area contributed by atoms with Crippen LogP contribution in [0.15, 0.2) is 33.9 Å². The summed E-state index contributed by atoms with van der Waals surface area (Å²) < 4.78 is 53.7. The molecule has 1 aromatic carbocycles. The van der Waals surface area contributed by atoms with Crippen LogP contribution in [0.1, 0.15) is 24.5 Å². The summed E-state index contributed by atoms with van der Waals surface area (Å²) in [4.78, 5) is 22.2. The van der Waals surface area contributed by atoms with Crippen molar-refractivity contribution in [1.82, 2.24) is 20.0 Å². The van der Waals surface area contributed by atoms with Crippen LogP contribution in [0.5, 0.6) is 0 Å². The molecule has 0 aliphatic carbocycles. The molecule has 5 rings (SSSR count). The van der Waals surface area contributed by atoms with Gasteiger partial charge >= 0.3 is 6.09 Å². The number of carbonyl (C=O) groups is 1. The van der Waals surface area contributed by atoms with E-state index in [-0.39, 0.29) is 40.1 Å². The van der Waals surface area contributed by atoms with Crippen LogP contribution >= 0.6 is 0 Å². The zero-order valence-electron chi connectivity index (χ0n) is 18.2. The van der Waals surface area contributed by atoms with Gasteiger partial charge in [0.2, 0.25) is 5.58 Å². The molecule has 180 valence electrons. The van der Waals surface area contributed by atoms with E-state index in [0.717, 1.165) is 12.3 Å². The lowest BCUT2D eigenvalue weighted by Crippen LogP contribution is -2.44. The summed E-state index contributed by atoms with van der Waals surface area (Å²) in [5, 5.41) is 7.02. The second-order valence-corrected chi connectivity index (χ2v) is 10.3. The highest BCUT2D eigenvalue weighted by molar-refractivity contribution is 7.90. The number of nitrogens with one attached hydrogen (secondary N) is 1. The first-order chi connectivity index (χ1) is 16.3. The standard InChI is InChI=1S/C21H22FN5O6S/c1-34(29,30)14-2-3-16(15(22)8-14)25-20-19-18(23-11-24-20)17(26-33-19)12-4-6-27(7-5-12)21(28)32-13-9-31-10-13/h2-3,8,11-13H,4-7,9-10H2,1H3,(H,23,24,25). The van der Waals surface area contributed by atoms with E-state index < -0.39 is 15.7 Å². The van der Waals surface area contributed by atoms with Crippen molar-refractivity contribution in [2.45, 2.75) is 29.8 Å². The van der Waals surface area contributed by atoms with Gasteiger partial charge < -0.3 is 24.2 Å². The molecule has 0 atom stereocenters.